The number of carbonyl (C=O) groups excluding carboxylic acids is 1. The van der Waals surface area contributed by atoms with Gasteiger partial charge in [-0.25, -0.2) is 4.99 Å². The second kappa shape index (κ2) is 9.51. The molecule has 132 valence electrons. The van der Waals surface area contributed by atoms with Crippen LogP contribution in [0.1, 0.15) is 18.2 Å². The van der Waals surface area contributed by atoms with Crippen LogP contribution in [0.3, 0.4) is 0 Å². The minimum Gasteiger partial charge on any atom is -0.459 e. The molecular weight excluding hydrogens is 419 g/mol. The molecule has 2 rings (SSSR count). The Balaban J connectivity index is 0.00000288. The number of para-hydroxylation sites is 1. The largest absolute Gasteiger partial charge is 0.459 e. The zero-order chi connectivity index (χ0) is 16.8. The van der Waals surface area contributed by atoms with Crippen molar-refractivity contribution in [3.63, 3.8) is 0 Å². The Hall–Kier alpha value is -1.77. The van der Waals surface area contributed by atoms with E-state index in [-0.39, 0.29) is 36.4 Å². The molecule has 1 heterocycles. The number of likely N-dealkylation sites (N-methyl/N-ethyl adjacent to an activating group) is 1. The molecule has 0 saturated carbocycles. The van der Waals surface area contributed by atoms with E-state index in [0.717, 1.165) is 28.8 Å². The van der Waals surface area contributed by atoms with Crippen molar-refractivity contribution in [3.05, 3.63) is 35.6 Å². The third-order valence-corrected chi connectivity index (χ3v) is 3.57. The van der Waals surface area contributed by atoms with Gasteiger partial charge in [-0.3, -0.25) is 4.79 Å². The van der Waals surface area contributed by atoms with Gasteiger partial charge in [0, 0.05) is 31.6 Å². The van der Waals surface area contributed by atoms with Crippen molar-refractivity contribution in [1.29, 1.82) is 0 Å². The number of aliphatic imine (C=N–C) groups is 1. The fraction of sp³-hybridized carbons (Fsp3) is 0.412. The summed E-state index contributed by atoms with van der Waals surface area (Å²) < 4.78 is 5.87. The first kappa shape index (κ1) is 20.3. The first-order valence-electron chi connectivity index (χ1n) is 7.72. The summed E-state index contributed by atoms with van der Waals surface area (Å²) in [5, 5.41) is 7.45. The molecule has 0 aliphatic heterocycles. The average molecular weight is 444 g/mol. The molecule has 2 N–H and O–H groups in total. The summed E-state index contributed by atoms with van der Waals surface area (Å²) in [4.78, 5) is 17.5. The molecular formula is C17H25IN4O2. The first-order valence-corrected chi connectivity index (χ1v) is 7.72. The quantitative estimate of drug-likeness (QED) is 0.423. The molecule has 0 aliphatic carbocycles. The molecule has 0 spiro atoms. The van der Waals surface area contributed by atoms with Gasteiger partial charge in [-0.05, 0) is 19.9 Å². The second-order valence-corrected chi connectivity index (χ2v) is 5.48. The van der Waals surface area contributed by atoms with Gasteiger partial charge in [0.25, 0.3) is 0 Å². The van der Waals surface area contributed by atoms with Gasteiger partial charge in [0.05, 0.1) is 6.54 Å². The number of furan rings is 1. The van der Waals surface area contributed by atoms with Gasteiger partial charge in [-0.15, -0.1) is 24.0 Å². The fourth-order valence-electron chi connectivity index (χ4n) is 2.19. The summed E-state index contributed by atoms with van der Waals surface area (Å²) in [6.45, 7) is 5.38. The van der Waals surface area contributed by atoms with E-state index in [1.807, 2.05) is 38.1 Å². The van der Waals surface area contributed by atoms with E-state index < -0.39 is 0 Å². The van der Waals surface area contributed by atoms with Crippen molar-refractivity contribution in [2.75, 3.05) is 27.2 Å². The minimum absolute atomic E-state index is 0. The molecule has 6 nitrogen and oxygen atoms in total. The predicted octanol–water partition coefficient (Wildman–Crippen LogP) is 2.50. The highest BCUT2D eigenvalue weighted by Gasteiger charge is 2.10. The van der Waals surface area contributed by atoms with Crippen molar-refractivity contribution < 1.29 is 9.21 Å². The Morgan fingerprint density at radius 3 is 2.58 bits per heavy atom. The predicted molar refractivity (Wildman–Crippen MR) is 108 cm³/mol. The summed E-state index contributed by atoms with van der Waals surface area (Å²) in [5.74, 6) is 1.43. The number of amides is 1. The van der Waals surface area contributed by atoms with Crippen LogP contribution in [-0.4, -0.2) is 44.0 Å². The van der Waals surface area contributed by atoms with Crippen LogP contribution in [-0.2, 0) is 11.3 Å². The van der Waals surface area contributed by atoms with Crippen LogP contribution in [0.15, 0.2) is 33.7 Å². The topological polar surface area (TPSA) is 69.9 Å². The molecule has 0 radical (unpaired) electrons. The summed E-state index contributed by atoms with van der Waals surface area (Å²) in [7, 11) is 3.44. The number of halogens is 1. The molecule has 0 unspecified atom stereocenters. The zero-order valence-corrected chi connectivity index (χ0v) is 16.9. The van der Waals surface area contributed by atoms with Gasteiger partial charge in [0.1, 0.15) is 17.9 Å². The van der Waals surface area contributed by atoms with E-state index in [1.165, 1.54) is 4.90 Å². The Morgan fingerprint density at radius 2 is 1.96 bits per heavy atom. The molecule has 0 saturated heterocycles. The van der Waals surface area contributed by atoms with Crippen molar-refractivity contribution in [1.82, 2.24) is 15.5 Å². The summed E-state index contributed by atoms with van der Waals surface area (Å²) in [5.41, 5.74) is 2.00. The van der Waals surface area contributed by atoms with Crippen LogP contribution in [0.4, 0.5) is 0 Å². The number of nitrogens with one attached hydrogen (secondary N) is 2. The van der Waals surface area contributed by atoms with Crippen LogP contribution in [0.2, 0.25) is 0 Å². The molecule has 2 aromatic rings. The Labute approximate surface area is 159 Å². The van der Waals surface area contributed by atoms with Crippen LogP contribution < -0.4 is 10.6 Å². The number of hydrogen-bond donors (Lipinski definition) is 2. The second-order valence-electron chi connectivity index (χ2n) is 5.48. The van der Waals surface area contributed by atoms with Gasteiger partial charge < -0.3 is 20.0 Å². The highest BCUT2D eigenvalue weighted by Crippen LogP contribution is 2.24. The molecule has 0 aliphatic rings. The van der Waals surface area contributed by atoms with Gasteiger partial charge in [0.2, 0.25) is 5.91 Å². The number of fused-ring (bicyclic) bond motifs is 1. The van der Waals surface area contributed by atoms with Crippen molar-refractivity contribution in [2.24, 2.45) is 4.99 Å². The minimum atomic E-state index is -0.0397. The number of hydrogen-bond acceptors (Lipinski definition) is 3. The first-order chi connectivity index (χ1) is 11.0. The maximum atomic E-state index is 11.6. The SMILES string of the molecule is CCNC(=NCC(=O)N(C)C)NCc1oc2ccccc2c1C.I. The molecule has 0 fully saturated rings. The number of rotatable bonds is 5. The number of benzene rings is 1. The monoisotopic (exact) mass is 444 g/mol. The lowest BCUT2D eigenvalue weighted by atomic mass is 10.1. The Morgan fingerprint density at radius 1 is 1.25 bits per heavy atom. The van der Waals surface area contributed by atoms with Crippen molar-refractivity contribution in [2.45, 2.75) is 20.4 Å². The van der Waals surface area contributed by atoms with E-state index in [0.29, 0.717) is 12.5 Å². The zero-order valence-electron chi connectivity index (χ0n) is 14.5. The lowest BCUT2D eigenvalue weighted by Gasteiger charge is -2.12. The van der Waals surface area contributed by atoms with Crippen LogP contribution in [0.25, 0.3) is 11.0 Å². The van der Waals surface area contributed by atoms with Gasteiger partial charge in [0.15, 0.2) is 5.96 Å². The summed E-state index contributed by atoms with van der Waals surface area (Å²) in [6.07, 6.45) is 0. The average Bonchev–Trinajstić information content (AvgIpc) is 2.86. The summed E-state index contributed by atoms with van der Waals surface area (Å²) in [6, 6.07) is 7.97. The number of nitrogens with zero attached hydrogens (tertiary/aromatic N) is 2. The number of aryl methyl sites for hydroxylation is 1. The lowest BCUT2D eigenvalue weighted by Crippen LogP contribution is -2.38. The normalized spacial score (nSPS) is 11.1. The molecule has 1 aromatic carbocycles. The van der Waals surface area contributed by atoms with Crippen LogP contribution >= 0.6 is 24.0 Å². The maximum Gasteiger partial charge on any atom is 0.243 e. The highest BCUT2D eigenvalue weighted by atomic mass is 127. The third-order valence-electron chi connectivity index (χ3n) is 3.57. The lowest BCUT2D eigenvalue weighted by molar-refractivity contribution is -0.127. The van der Waals surface area contributed by atoms with E-state index in [9.17, 15) is 4.79 Å². The highest BCUT2D eigenvalue weighted by molar-refractivity contribution is 14.0. The molecule has 1 aromatic heterocycles. The molecule has 1 amide bonds. The summed E-state index contributed by atoms with van der Waals surface area (Å²) >= 11 is 0. The van der Waals surface area contributed by atoms with Gasteiger partial charge >= 0.3 is 0 Å². The molecule has 7 heteroatoms. The Bertz CT molecular complexity index is 710. The fourth-order valence-corrected chi connectivity index (χ4v) is 2.19. The van der Waals surface area contributed by atoms with Crippen molar-refractivity contribution >= 4 is 46.8 Å². The Kier molecular flexibility index (Phi) is 8.03. The molecule has 0 atom stereocenters. The smallest absolute Gasteiger partial charge is 0.243 e. The van der Waals surface area contributed by atoms with Crippen LogP contribution in [0.5, 0.6) is 0 Å². The van der Waals surface area contributed by atoms with E-state index in [2.05, 4.69) is 15.6 Å². The maximum absolute atomic E-state index is 11.6. The number of carbonyl (C=O) groups is 1. The standard InChI is InChI=1S/C17H24N4O2.HI/c1-5-18-17(20-11-16(22)21(3)4)19-10-15-12(2)13-8-6-7-9-14(13)23-15;/h6-9H,5,10-11H2,1-4H3,(H2,18,19,20);1H. The molecule has 0 bridgehead atoms. The van der Waals surface area contributed by atoms with E-state index >= 15 is 0 Å². The van der Waals surface area contributed by atoms with Crippen molar-refractivity contribution in [3.8, 4) is 0 Å². The van der Waals surface area contributed by atoms with E-state index in [1.54, 1.807) is 14.1 Å². The molecule has 24 heavy (non-hydrogen) atoms. The third kappa shape index (κ3) is 5.12. The van der Waals surface area contributed by atoms with Crippen LogP contribution in [0, 0.1) is 6.92 Å². The van der Waals surface area contributed by atoms with Gasteiger partial charge in [-0.1, -0.05) is 18.2 Å². The van der Waals surface area contributed by atoms with Gasteiger partial charge in [-0.2, -0.15) is 0 Å². The van der Waals surface area contributed by atoms with E-state index in [4.69, 9.17) is 4.42 Å². The number of guanidine groups is 1.